The second kappa shape index (κ2) is 6.62. The van der Waals surface area contributed by atoms with E-state index in [-0.39, 0.29) is 5.60 Å². The summed E-state index contributed by atoms with van der Waals surface area (Å²) in [6.45, 7) is 10.9. The normalized spacial score (nSPS) is 16.8. The summed E-state index contributed by atoms with van der Waals surface area (Å²) in [5.41, 5.74) is 3.98. The van der Waals surface area contributed by atoms with E-state index in [0.717, 1.165) is 25.3 Å². The van der Waals surface area contributed by atoms with Crippen LogP contribution in [0.3, 0.4) is 0 Å². The van der Waals surface area contributed by atoms with Gasteiger partial charge in [-0.05, 0) is 82.7 Å². The van der Waals surface area contributed by atoms with Crippen LogP contribution in [-0.2, 0) is 0 Å². The smallest absolute Gasteiger partial charge is 0.126 e. The zero-order chi connectivity index (χ0) is 14.6. The Kier molecular flexibility index (Phi) is 5.09. The number of nitrogens with one attached hydrogen (secondary N) is 1. The highest BCUT2D eigenvalue weighted by Gasteiger charge is 2.39. The Labute approximate surface area is 123 Å². The Morgan fingerprint density at radius 1 is 1.10 bits per heavy atom. The Balaban J connectivity index is 2.04. The number of benzene rings is 1. The lowest BCUT2D eigenvalue weighted by Gasteiger charge is -2.43. The minimum absolute atomic E-state index is 0.0874. The van der Waals surface area contributed by atoms with Crippen LogP contribution in [0.15, 0.2) is 12.1 Å². The average molecular weight is 275 g/mol. The van der Waals surface area contributed by atoms with Crippen molar-refractivity contribution in [3.8, 4) is 5.75 Å². The van der Waals surface area contributed by atoms with E-state index in [1.807, 2.05) is 0 Å². The summed E-state index contributed by atoms with van der Waals surface area (Å²) in [5, 5.41) is 3.51. The molecule has 0 atom stereocenters. The number of hydrogen-bond donors (Lipinski definition) is 1. The van der Waals surface area contributed by atoms with Gasteiger partial charge in [0.15, 0.2) is 0 Å². The molecule has 2 rings (SSSR count). The maximum absolute atomic E-state index is 6.52. The molecule has 0 amide bonds. The van der Waals surface area contributed by atoms with Crippen molar-refractivity contribution in [3.05, 3.63) is 28.8 Å². The summed E-state index contributed by atoms with van der Waals surface area (Å²) < 4.78 is 6.52. The first-order valence-corrected chi connectivity index (χ1v) is 8.04. The third-order valence-corrected chi connectivity index (χ3v) is 4.64. The lowest BCUT2D eigenvalue weighted by Crippen LogP contribution is -2.45. The maximum atomic E-state index is 6.52. The van der Waals surface area contributed by atoms with E-state index in [1.165, 1.54) is 42.4 Å². The third kappa shape index (κ3) is 3.35. The lowest BCUT2D eigenvalue weighted by molar-refractivity contribution is -0.0153. The van der Waals surface area contributed by atoms with Crippen molar-refractivity contribution in [1.29, 1.82) is 0 Å². The number of aryl methyl sites for hydroxylation is 2. The first-order chi connectivity index (χ1) is 9.58. The Hall–Kier alpha value is -1.02. The van der Waals surface area contributed by atoms with Gasteiger partial charge in [-0.1, -0.05) is 19.1 Å². The number of rotatable bonds is 7. The summed E-state index contributed by atoms with van der Waals surface area (Å²) in [5.74, 6) is 1.13. The molecular weight excluding hydrogens is 246 g/mol. The molecule has 1 aliphatic carbocycles. The summed E-state index contributed by atoms with van der Waals surface area (Å²) in [7, 11) is 0. The predicted molar refractivity (Wildman–Crippen MR) is 85.6 cm³/mol. The van der Waals surface area contributed by atoms with Crippen LogP contribution in [0.4, 0.5) is 0 Å². The quantitative estimate of drug-likeness (QED) is 0.749. The van der Waals surface area contributed by atoms with Gasteiger partial charge >= 0.3 is 0 Å². The fourth-order valence-electron chi connectivity index (χ4n) is 2.89. The Bertz CT molecular complexity index is 449. The first-order valence-electron chi connectivity index (χ1n) is 8.04. The van der Waals surface area contributed by atoms with Crippen LogP contribution in [0.2, 0.25) is 0 Å². The van der Waals surface area contributed by atoms with Gasteiger partial charge in [0.2, 0.25) is 0 Å². The number of hydrogen-bond acceptors (Lipinski definition) is 2. The summed E-state index contributed by atoms with van der Waals surface area (Å²) in [4.78, 5) is 0. The second-order valence-corrected chi connectivity index (χ2v) is 6.29. The van der Waals surface area contributed by atoms with Crippen molar-refractivity contribution in [2.45, 2.75) is 65.4 Å². The molecule has 2 nitrogen and oxygen atoms in total. The van der Waals surface area contributed by atoms with E-state index in [4.69, 9.17) is 4.74 Å². The molecule has 0 spiro atoms. The molecule has 1 aromatic carbocycles. The zero-order valence-corrected chi connectivity index (χ0v) is 13.5. The molecular formula is C18H29NO. The van der Waals surface area contributed by atoms with Crippen LogP contribution in [0.1, 0.15) is 55.7 Å². The molecule has 0 saturated heterocycles. The van der Waals surface area contributed by atoms with Crippen LogP contribution in [0.5, 0.6) is 5.75 Å². The van der Waals surface area contributed by atoms with Gasteiger partial charge in [-0.3, -0.25) is 0 Å². The van der Waals surface area contributed by atoms with Gasteiger partial charge in [0.25, 0.3) is 0 Å². The van der Waals surface area contributed by atoms with Gasteiger partial charge in [-0.2, -0.15) is 0 Å². The Morgan fingerprint density at radius 2 is 1.80 bits per heavy atom. The standard InChI is InChI=1S/C18H29NO/c1-5-12-19-13-11-18(9-6-10-18)20-17-15(3)8-7-14(2)16(17)4/h7-8,19H,5-6,9-13H2,1-4H3. The van der Waals surface area contributed by atoms with Gasteiger partial charge < -0.3 is 10.1 Å². The minimum Gasteiger partial charge on any atom is -0.487 e. The fraction of sp³-hybridized carbons (Fsp3) is 0.667. The van der Waals surface area contributed by atoms with Crippen molar-refractivity contribution >= 4 is 0 Å². The van der Waals surface area contributed by atoms with Gasteiger partial charge in [-0.15, -0.1) is 0 Å². The van der Waals surface area contributed by atoms with Crippen LogP contribution in [0, 0.1) is 20.8 Å². The van der Waals surface area contributed by atoms with E-state index < -0.39 is 0 Å². The minimum atomic E-state index is 0.0874. The largest absolute Gasteiger partial charge is 0.487 e. The average Bonchev–Trinajstić information content (AvgIpc) is 2.40. The Morgan fingerprint density at radius 3 is 2.40 bits per heavy atom. The van der Waals surface area contributed by atoms with Crippen LogP contribution >= 0.6 is 0 Å². The number of ether oxygens (including phenoxy) is 1. The van der Waals surface area contributed by atoms with E-state index in [0.29, 0.717) is 0 Å². The highest BCUT2D eigenvalue weighted by molar-refractivity contribution is 5.45. The van der Waals surface area contributed by atoms with E-state index in [2.05, 4.69) is 45.1 Å². The van der Waals surface area contributed by atoms with Crippen molar-refractivity contribution in [2.24, 2.45) is 0 Å². The molecule has 0 bridgehead atoms. The monoisotopic (exact) mass is 275 g/mol. The SMILES string of the molecule is CCCNCCC1(Oc2c(C)ccc(C)c2C)CCC1. The van der Waals surface area contributed by atoms with Gasteiger partial charge in [0, 0.05) is 0 Å². The van der Waals surface area contributed by atoms with Gasteiger partial charge in [-0.25, -0.2) is 0 Å². The molecule has 1 saturated carbocycles. The second-order valence-electron chi connectivity index (χ2n) is 6.29. The lowest BCUT2D eigenvalue weighted by atomic mass is 9.77. The maximum Gasteiger partial charge on any atom is 0.126 e. The molecule has 0 aliphatic heterocycles. The topological polar surface area (TPSA) is 21.3 Å². The molecule has 2 heteroatoms. The van der Waals surface area contributed by atoms with E-state index >= 15 is 0 Å². The van der Waals surface area contributed by atoms with E-state index in [9.17, 15) is 0 Å². The van der Waals surface area contributed by atoms with Gasteiger partial charge in [0.1, 0.15) is 11.4 Å². The van der Waals surface area contributed by atoms with Crippen LogP contribution in [-0.4, -0.2) is 18.7 Å². The highest BCUT2D eigenvalue weighted by atomic mass is 16.5. The third-order valence-electron chi connectivity index (χ3n) is 4.64. The van der Waals surface area contributed by atoms with Crippen molar-refractivity contribution in [3.63, 3.8) is 0 Å². The van der Waals surface area contributed by atoms with Crippen molar-refractivity contribution in [1.82, 2.24) is 5.32 Å². The first kappa shape index (κ1) is 15.4. The molecule has 0 radical (unpaired) electrons. The molecule has 0 heterocycles. The fourth-order valence-corrected chi connectivity index (χ4v) is 2.89. The summed E-state index contributed by atoms with van der Waals surface area (Å²) in [6, 6.07) is 4.37. The molecule has 0 aromatic heterocycles. The van der Waals surface area contributed by atoms with Crippen molar-refractivity contribution in [2.75, 3.05) is 13.1 Å². The summed E-state index contributed by atoms with van der Waals surface area (Å²) in [6.07, 6.45) is 6.03. The van der Waals surface area contributed by atoms with Crippen molar-refractivity contribution < 1.29 is 4.74 Å². The molecule has 1 N–H and O–H groups in total. The molecule has 20 heavy (non-hydrogen) atoms. The molecule has 112 valence electrons. The predicted octanol–water partition coefficient (Wildman–Crippen LogP) is 4.30. The van der Waals surface area contributed by atoms with Gasteiger partial charge in [0.05, 0.1) is 0 Å². The molecule has 0 unspecified atom stereocenters. The van der Waals surface area contributed by atoms with Crippen LogP contribution < -0.4 is 10.1 Å². The zero-order valence-electron chi connectivity index (χ0n) is 13.5. The van der Waals surface area contributed by atoms with Crippen LogP contribution in [0.25, 0.3) is 0 Å². The molecule has 1 aromatic rings. The molecule has 1 aliphatic rings. The highest BCUT2D eigenvalue weighted by Crippen LogP contribution is 2.41. The summed E-state index contributed by atoms with van der Waals surface area (Å²) >= 11 is 0. The molecule has 1 fully saturated rings. The van der Waals surface area contributed by atoms with E-state index in [1.54, 1.807) is 0 Å².